The quantitative estimate of drug-likeness (QED) is 0.134. The molecular formula is C32H26F3N3O4S2. The first-order valence-electron chi connectivity index (χ1n) is 13.9. The summed E-state index contributed by atoms with van der Waals surface area (Å²) in [7, 11) is -2.96. The lowest BCUT2D eigenvalue weighted by Crippen LogP contribution is -2.08. The van der Waals surface area contributed by atoms with E-state index in [-0.39, 0.29) is 34.7 Å². The van der Waals surface area contributed by atoms with Crippen molar-refractivity contribution in [2.24, 2.45) is 5.92 Å². The van der Waals surface area contributed by atoms with Crippen LogP contribution in [-0.2, 0) is 28.3 Å². The van der Waals surface area contributed by atoms with E-state index in [1.807, 2.05) is 0 Å². The van der Waals surface area contributed by atoms with E-state index in [9.17, 15) is 17.6 Å². The van der Waals surface area contributed by atoms with Gasteiger partial charge >= 0.3 is 5.97 Å². The molecule has 1 saturated carbocycles. The number of benzene rings is 3. The van der Waals surface area contributed by atoms with Crippen LogP contribution in [0.5, 0.6) is 0 Å². The number of carbonyl (C=O) groups excluding carboxylic acids is 1. The summed E-state index contributed by atoms with van der Waals surface area (Å²) >= 11 is 1.20. The van der Waals surface area contributed by atoms with Crippen LogP contribution in [0, 0.1) is 23.4 Å². The number of hydrogen-bond donors (Lipinski definition) is 1. The molecule has 2 heterocycles. The zero-order valence-corrected chi connectivity index (χ0v) is 25.1. The van der Waals surface area contributed by atoms with Crippen molar-refractivity contribution in [2.45, 2.75) is 37.5 Å². The van der Waals surface area contributed by atoms with Gasteiger partial charge in [-0.05, 0) is 85.7 Å². The second-order valence-electron chi connectivity index (χ2n) is 10.5. The van der Waals surface area contributed by atoms with Crippen molar-refractivity contribution in [2.75, 3.05) is 6.61 Å². The average molecular weight is 638 g/mol. The molecule has 44 heavy (non-hydrogen) atoms. The Balaban J connectivity index is 1.54. The van der Waals surface area contributed by atoms with Crippen molar-refractivity contribution in [3.63, 3.8) is 0 Å². The van der Waals surface area contributed by atoms with E-state index in [0.29, 0.717) is 39.9 Å². The molecule has 12 heteroatoms. The van der Waals surface area contributed by atoms with Crippen LogP contribution in [0.1, 0.15) is 47.1 Å². The van der Waals surface area contributed by atoms with Crippen LogP contribution < -0.4 is 0 Å². The number of carbonyl (C=O) groups is 1. The first kappa shape index (κ1) is 29.8. The van der Waals surface area contributed by atoms with Crippen LogP contribution in [0.3, 0.4) is 0 Å². The Hall–Kier alpha value is -4.29. The smallest absolute Gasteiger partial charge is 0.357 e. The van der Waals surface area contributed by atoms with Gasteiger partial charge in [-0.15, -0.1) is 11.3 Å². The Morgan fingerprint density at radius 1 is 1.02 bits per heavy atom. The van der Waals surface area contributed by atoms with Gasteiger partial charge in [-0.2, -0.15) is 5.10 Å². The zero-order chi connectivity index (χ0) is 31.0. The highest BCUT2D eigenvalue weighted by molar-refractivity contribution is 7.72. The van der Waals surface area contributed by atoms with Crippen LogP contribution >= 0.6 is 11.3 Å². The fourth-order valence-corrected chi connectivity index (χ4v) is 6.24. The molecule has 0 aliphatic heterocycles. The highest BCUT2D eigenvalue weighted by Gasteiger charge is 2.30. The van der Waals surface area contributed by atoms with Gasteiger partial charge in [0.05, 0.1) is 22.9 Å². The third-order valence-electron chi connectivity index (χ3n) is 7.42. The van der Waals surface area contributed by atoms with E-state index in [2.05, 4.69) is 4.98 Å². The Kier molecular flexibility index (Phi) is 8.37. The Bertz CT molecular complexity index is 1960. The molecule has 0 atom stereocenters. The molecule has 0 bridgehead atoms. The number of halogens is 3. The topological polar surface area (TPSA) is 91.2 Å². The minimum atomic E-state index is -2.96. The number of nitrogens with zero attached hydrogens (tertiary/aromatic N) is 3. The fourth-order valence-electron chi connectivity index (χ4n) is 5.06. The second-order valence-corrected chi connectivity index (χ2v) is 12.4. The molecule has 0 saturated heterocycles. The molecule has 0 N–H and O–H groups in total. The molecule has 1 fully saturated rings. The third-order valence-corrected chi connectivity index (χ3v) is 8.93. The number of aromatic nitrogens is 3. The SMILES string of the molecule is CCOC(=O)c1csc(-n2nc(-c3ccc(F)c(-c4cccc(F)c4)c3)c(Cc3ccc([SH](=O)=O)cc3F)c2CC2CC2)n1. The summed E-state index contributed by atoms with van der Waals surface area (Å²) in [4.78, 5) is 16.7. The summed E-state index contributed by atoms with van der Waals surface area (Å²) < 4.78 is 74.1. The van der Waals surface area contributed by atoms with Crippen LogP contribution in [0.25, 0.3) is 27.5 Å². The van der Waals surface area contributed by atoms with Gasteiger partial charge in [-0.3, -0.25) is 0 Å². The first-order chi connectivity index (χ1) is 21.2. The van der Waals surface area contributed by atoms with E-state index < -0.39 is 34.1 Å². The molecule has 1 aliphatic rings. The van der Waals surface area contributed by atoms with Crippen molar-refractivity contribution in [1.82, 2.24) is 14.8 Å². The van der Waals surface area contributed by atoms with E-state index in [4.69, 9.17) is 9.84 Å². The molecule has 226 valence electrons. The van der Waals surface area contributed by atoms with Crippen LogP contribution in [0.4, 0.5) is 13.2 Å². The zero-order valence-electron chi connectivity index (χ0n) is 23.4. The van der Waals surface area contributed by atoms with E-state index in [0.717, 1.165) is 24.6 Å². The van der Waals surface area contributed by atoms with Gasteiger partial charge in [-0.1, -0.05) is 18.2 Å². The molecule has 2 aromatic heterocycles. The number of thiol groups is 1. The van der Waals surface area contributed by atoms with Crippen LogP contribution in [0.15, 0.2) is 70.9 Å². The van der Waals surface area contributed by atoms with E-state index >= 15 is 8.78 Å². The highest BCUT2D eigenvalue weighted by Crippen LogP contribution is 2.39. The van der Waals surface area contributed by atoms with Crippen molar-refractivity contribution < 1.29 is 31.1 Å². The van der Waals surface area contributed by atoms with Gasteiger partial charge in [0.1, 0.15) is 17.5 Å². The maximum atomic E-state index is 15.3. The van der Waals surface area contributed by atoms with E-state index in [1.165, 1.54) is 47.7 Å². The summed E-state index contributed by atoms with van der Waals surface area (Å²) in [6.07, 6.45) is 2.67. The molecule has 0 unspecified atom stereocenters. The number of esters is 1. The van der Waals surface area contributed by atoms with Crippen molar-refractivity contribution in [3.8, 4) is 27.5 Å². The monoisotopic (exact) mass is 637 g/mol. The van der Waals surface area contributed by atoms with Gasteiger partial charge in [0.15, 0.2) is 16.4 Å². The molecule has 0 radical (unpaired) electrons. The molecular weight excluding hydrogens is 611 g/mol. The molecule has 7 nitrogen and oxygen atoms in total. The van der Waals surface area contributed by atoms with Gasteiger partial charge in [0.2, 0.25) is 5.13 Å². The Labute approximate surface area is 256 Å². The molecule has 1 aliphatic carbocycles. The van der Waals surface area contributed by atoms with Crippen molar-refractivity contribution >= 4 is 28.0 Å². The molecule has 5 aromatic rings. The predicted molar refractivity (Wildman–Crippen MR) is 160 cm³/mol. The van der Waals surface area contributed by atoms with E-state index in [1.54, 1.807) is 35.2 Å². The summed E-state index contributed by atoms with van der Waals surface area (Å²) in [5.74, 6) is -1.94. The second kappa shape index (κ2) is 12.4. The third kappa shape index (κ3) is 6.18. The van der Waals surface area contributed by atoms with Gasteiger partial charge in [0, 0.05) is 28.5 Å². The normalized spacial score (nSPS) is 13.0. The maximum Gasteiger partial charge on any atom is 0.357 e. The standard InChI is InChI=1S/C32H26F3N3O4S2/c1-2-42-31(39)28-17-43-32(36-28)38-29(12-18-6-7-18)25(14-20-8-10-23(44(40)41)16-27(20)35)30(37-38)21-9-11-26(34)24(15-21)19-4-3-5-22(33)13-19/h3-5,8-11,13,15-18,44H,2,6-7,12,14H2,1H3. The van der Waals surface area contributed by atoms with Crippen molar-refractivity contribution in [1.29, 1.82) is 0 Å². The summed E-state index contributed by atoms with van der Waals surface area (Å²) in [6, 6.07) is 13.8. The summed E-state index contributed by atoms with van der Waals surface area (Å²) in [6.45, 7) is 1.89. The van der Waals surface area contributed by atoms with Gasteiger partial charge in [0.25, 0.3) is 0 Å². The summed E-state index contributed by atoms with van der Waals surface area (Å²) in [5, 5.41) is 6.89. The Morgan fingerprint density at radius 3 is 2.55 bits per heavy atom. The number of ether oxygens (including phenoxy) is 1. The van der Waals surface area contributed by atoms with Gasteiger partial charge < -0.3 is 4.74 Å². The van der Waals surface area contributed by atoms with Crippen LogP contribution in [0.2, 0.25) is 0 Å². The molecule has 6 rings (SSSR count). The largest absolute Gasteiger partial charge is 0.461 e. The predicted octanol–water partition coefficient (Wildman–Crippen LogP) is 6.77. The fraction of sp³-hybridized carbons (Fsp3) is 0.219. The molecule has 3 aromatic carbocycles. The maximum absolute atomic E-state index is 15.3. The van der Waals surface area contributed by atoms with Gasteiger partial charge in [-0.25, -0.2) is 36.0 Å². The first-order valence-corrected chi connectivity index (χ1v) is 16.0. The number of hydrogen-bond acceptors (Lipinski definition) is 7. The molecule has 0 amide bonds. The number of thiazole rings is 1. The lowest BCUT2D eigenvalue weighted by atomic mass is 9.94. The number of rotatable bonds is 10. The molecule has 0 spiro atoms. The minimum Gasteiger partial charge on any atom is -0.461 e. The highest BCUT2D eigenvalue weighted by atomic mass is 32.2. The van der Waals surface area contributed by atoms with Crippen LogP contribution in [-0.4, -0.2) is 35.8 Å². The lowest BCUT2D eigenvalue weighted by molar-refractivity contribution is 0.0520. The lowest BCUT2D eigenvalue weighted by Gasteiger charge is -2.11. The Morgan fingerprint density at radius 2 is 1.84 bits per heavy atom. The summed E-state index contributed by atoms with van der Waals surface area (Å²) in [5.41, 5.74) is 3.24. The van der Waals surface area contributed by atoms with Crippen molar-refractivity contribution in [3.05, 3.63) is 106 Å². The average Bonchev–Trinajstić information content (AvgIpc) is 3.56. The minimum absolute atomic E-state index is 0.0575.